The Morgan fingerprint density at radius 2 is 1.81 bits per heavy atom. The van der Waals surface area contributed by atoms with Crippen molar-refractivity contribution in [1.82, 2.24) is 0 Å². The third-order valence-corrected chi connectivity index (χ3v) is 5.47. The molecule has 0 saturated heterocycles. The molecule has 36 heavy (non-hydrogen) atoms. The molecule has 0 atom stereocenters. The molecular weight excluding hydrogens is 483 g/mol. The molecule has 0 aliphatic carbocycles. The smallest absolute Gasteiger partial charge is 0.338 e. The second-order valence-electron chi connectivity index (χ2n) is 7.60. The van der Waals surface area contributed by atoms with Gasteiger partial charge < -0.3 is 14.8 Å². The number of nitriles is 1. The van der Waals surface area contributed by atoms with Gasteiger partial charge in [0, 0.05) is 22.7 Å². The molecule has 0 unspecified atom stereocenters. The number of carbonyl (C=O) groups excluding carboxylic acids is 2. The van der Waals surface area contributed by atoms with Crippen molar-refractivity contribution in [3.05, 3.63) is 99.3 Å². The number of halogens is 2. The minimum atomic E-state index is -0.633. The zero-order valence-electron chi connectivity index (χ0n) is 19.8. The molecule has 1 N–H and O–H groups in total. The van der Waals surface area contributed by atoms with Crippen LogP contribution in [0.4, 0.5) is 10.1 Å². The van der Waals surface area contributed by atoms with Crippen molar-refractivity contribution in [2.75, 3.05) is 18.5 Å². The van der Waals surface area contributed by atoms with Gasteiger partial charge in [-0.1, -0.05) is 29.8 Å². The van der Waals surface area contributed by atoms with Crippen LogP contribution in [0.3, 0.4) is 0 Å². The monoisotopic (exact) mass is 506 g/mol. The molecule has 6 nitrogen and oxygen atoms in total. The fourth-order valence-corrected chi connectivity index (χ4v) is 3.71. The zero-order valence-corrected chi connectivity index (χ0v) is 20.6. The van der Waals surface area contributed by atoms with Gasteiger partial charge in [0.1, 0.15) is 23.2 Å². The number of rotatable bonds is 9. The van der Waals surface area contributed by atoms with Crippen LogP contribution in [-0.2, 0) is 16.0 Å². The van der Waals surface area contributed by atoms with E-state index in [1.54, 1.807) is 49.4 Å². The number of hydrogen-bond donors (Lipinski definition) is 1. The quantitative estimate of drug-likeness (QED) is 0.212. The number of benzene rings is 3. The van der Waals surface area contributed by atoms with Crippen molar-refractivity contribution in [3.63, 3.8) is 0 Å². The summed E-state index contributed by atoms with van der Waals surface area (Å²) >= 11 is 6.52. The van der Waals surface area contributed by atoms with E-state index in [4.69, 9.17) is 21.1 Å². The number of amides is 1. The average molecular weight is 507 g/mol. The summed E-state index contributed by atoms with van der Waals surface area (Å²) in [6.07, 6.45) is 1.61. The van der Waals surface area contributed by atoms with Crippen LogP contribution in [0.1, 0.15) is 40.9 Å². The lowest BCUT2D eigenvalue weighted by molar-refractivity contribution is -0.112. The van der Waals surface area contributed by atoms with Gasteiger partial charge in [-0.25, -0.2) is 9.18 Å². The van der Waals surface area contributed by atoms with E-state index in [1.807, 2.05) is 13.0 Å². The standard InChI is InChI=1S/C28H24ClFN2O4/c1-3-35-26-15-18(14-24(29)23(26)16-20-7-5-6-8-25(20)30)13-21(17-31)27(33)32-22-11-9-19(10-12-22)28(34)36-4-2/h5-15H,3-4,16H2,1-2H3,(H,32,33)/b21-13+. The van der Waals surface area contributed by atoms with Gasteiger partial charge in [-0.05, 0) is 73.5 Å². The molecule has 0 aliphatic heterocycles. The molecule has 0 radical (unpaired) electrons. The second-order valence-corrected chi connectivity index (χ2v) is 8.01. The van der Waals surface area contributed by atoms with Crippen LogP contribution in [0.15, 0.2) is 66.2 Å². The van der Waals surface area contributed by atoms with Crippen molar-refractivity contribution >= 4 is 35.2 Å². The summed E-state index contributed by atoms with van der Waals surface area (Å²) < 4.78 is 24.9. The van der Waals surface area contributed by atoms with Gasteiger partial charge in [0.25, 0.3) is 5.91 Å². The Bertz CT molecular complexity index is 1330. The number of hydrogen-bond acceptors (Lipinski definition) is 5. The Labute approximate surface area is 213 Å². The minimum Gasteiger partial charge on any atom is -0.494 e. The van der Waals surface area contributed by atoms with E-state index >= 15 is 0 Å². The Balaban J connectivity index is 1.84. The highest BCUT2D eigenvalue weighted by atomic mass is 35.5. The lowest BCUT2D eigenvalue weighted by Crippen LogP contribution is -2.13. The molecule has 0 heterocycles. The van der Waals surface area contributed by atoms with Crippen LogP contribution in [0.25, 0.3) is 6.08 Å². The van der Waals surface area contributed by atoms with Crippen molar-refractivity contribution < 1.29 is 23.5 Å². The topological polar surface area (TPSA) is 88.4 Å². The molecule has 184 valence electrons. The molecule has 3 rings (SSSR count). The highest BCUT2D eigenvalue weighted by Gasteiger charge is 2.16. The van der Waals surface area contributed by atoms with Crippen LogP contribution in [0.2, 0.25) is 5.02 Å². The predicted molar refractivity (Wildman–Crippen MR) is 136 cm³/mol. The molecule has 3 aromatic rings. The van der Waals surface area contributed by atoms with Gasteiger partial charge in [0.05, 0.1) is 18.8 Å². The molecule has 3 aromatic carbocycles. The van der Waals surface area contributed by atoms with E-state index in [0.717, 1.165) is 0 Å². The lowest BCUT2D eigenvalue weighted by Gasteiger charge is -2.14. The first-order valence-corrected chi connectivity index (χ1v) is 11.6. The minimum absolute atomic E-state index is 0.162. The van der Waals surface area contributed by atoms with Crippen LogP contribution in [-0.4, -0.2) is 25.1 Å². The number of esters is 1. The van der Waals surface area contributed by atoms with Gasteiger partial charge in [0.15, 0.2) is 0 Å². The third-order valence-electron chi connectivity index (χ3n) is 5.13. The fourth-order valence-electron chi connectivity index (χ4n) is 3.42. The maximum absolute atomic E-state index is 14.2. The Hall–Kier alpha value is -4.15. The largest absolute Gasteiger partial charge is 0.494 e. The van der Waals surface area contributed by atoms with Crippen molar-refractivity contribution in [2.24, 2.45) is 0 Å². The molecule has 0 bridgehead atoms. The predicted octanol–water partition coefficient (Wildman–Crippen LogP) is 6.19. The van der Waals surface area contributed by atoms with E-state index in [1.165, 1.54) is 24.3 Å². The highest BCUT2D eigenvalue weighted by Crippen LogP contribution is 2.32. The maximum atomic E-state index is 14.2. The Morgan fingerprint density at radius 1 is 1.08 bits per heavy atom. The van der Waals surface area contributed by atoms with Crippen LogP contribution >= 0.6 is 11.6 Å². The summed E-state index contributed by atoms with van der Waals surface area (Å²) in [6, 6.07) is 17.7. The van der Waals surface area contributed by atoms with Gasteiger partial charge in [-0.2, -0.15) is 5.26 Å². The van der Waals surface area contributed by atoms with Crippen molar-refractivity contribution in [3.8, 4) is 11.8 Å². The highest BCUT2D eigenvalue weighted by molar-refractivity contribution is 6.31. The van der Waals surface area contributed by atoms with Crippen LogP contribution < -0.4 is 10.1 Å². The summed E-state index contributed by atoms with van der Waals surface area (Å²) in [6.45, 7) is 4.13. The second kappa shape index (κ2) is 12.5. The SMILES string of the molecule is CCOC(=O)c1ccc(NC(=O)/C(C#N)=C/c2cc(Cl)c(Cc3ccccc3F)c(OCC)c2)cc1. The Morgan fingerprint density at radius 3 is 2.44 bits per heavy atom. The first-order chi connectivity index (χ1) is 17.4. The van der Waals surface area contributed by atoms with Gasteiger partial charge >= 0.3 is 5.97 Å². The van der Waals surface area contributed by atoms with Gasteiger partial charge in [-0.15, -0.1) is 0 Å². The number of nitrogens with one attached hydrogen (secondary N) is 1. The summed E-state index contributed by atoms with van der Waals surface area (Å²) in [5.41, 5.74) is 2.14. The van der Waals surface area contributed by atoms with Crippen LogP contribution in [0, 0.1) is 17.1 Å². The summed E-state index contributed by atoms with van der Waals surface area (Å²) in [5, 5.41) is 12.5. The first kappa shape index (κ1) is 26.5. The first-order valence-electron chi connectivity index (χ1n) is 11.2. The molecule has 0 spiro atoms. The van der Waals surface area contributed by atoms with E-state index in [0.29, 0.717) is 45.3 Å². The summed E-state index contributed by atoms with van der Waals surface area (Å²) in [4.78, 5) is 24.5. The lowest BCUT2D eigenvalue weighted by atomic mass is 10.0. The number of anilines is 1. The third kappa shape index (κ3) is 6.71. The van der Waals surface area contributed by atoms with E-state index < -0.39 is 11.9 Å². The fraction of sp³-hybridized carbons (Fsp3) is 0.179. The number of carbonyl (C=O) groups is 2. The molecule has 0 fully saturated rings. The van der Waals surface area contributed by atoms with Crippen LogP contribution in [0.5, 0.6) is 5.75 Å². The molecule has 0 saturated carbocycles. The van der Waals surface area contributed by atoms with Crippen molar-refractivity contribution in [1.29, 1.82) is 5.26 Å². The Kier molecular flexibility index (Phi) is 9.20. The van der Waals surface area contributed by atoms with E-state index in [2.05, 4.69) is 5.32 Å². The molecule has 1 amide bonds. The zero-order chi connectivity index (χ0) is 26.1. The molecular formula is C28H24ClFN2O4. The normalized spacial score (nSPS) is 10.9. The van der Waals surface area contributed by atoms with Crippen molar-refractivity contribution in [2.45, 2.75) is 20.3 Å². The summed E-state index contributed by atoms with van der Waals surface area (Å²) in [7, 11) is 0. The molecule has 0 aromatic heterocycles. The summed E-state index contributed by atoms with van der Waals surface area (Å²) in [5.74, 6) is -1.01. The van der Waals surface area contributed by atoms with Gasteiger partial charge in [0.2, 0.25) is 0 Å². The van der Waals surface area contributed by atoms with Gasteiger partial charge in [-0.3, -0.25) is 4.79 Å². The van der Waals surface area contributed by atoms with E-state index in [9.17, 15) is 19.2 Å². The molecule has 8 heteroatoms. The molecule has 0 aliphatic rings. The maximum Gasteiger partial charge on any atom is 0.338 e. The number of nitrogens with zero attached hydrogens (tertiary/aromatic N) is 1. The van der Waals surface area contributed by atoms with E-state index in [-0.39, 0.29) is 24.4 Å². The average Bonchev–Trinajstić information content (AvgIpc) is 2.86. The number of ether oxygens (including phenoxy) is 2.